The lowest BCUT2D eigenvalue weighted by Crippen LogP contribution is -2.13. The van der Waals surface area contributed by atoms with E-state index in [9.17, 15) is 9.59 Å². The molecule has 0 fully saturated rings. The second kappa shape index (κ2) is 8.92. The summed E-state index contributed by atoms with van der Waals surface area (Å²) in [5, 5.41) is 2.92. The Kier molecular flexibility index (Phi) is 6.63. The van der Waals surface area contributed by atoms with Crippen LogP contribution < -0.4 is 20.5 Å². The highest BCUT2D eigenvalue weighted by molar-refractivity contribution is 6.34. The molecule has 0 atom stereocenters. The zero-order valence-corrected chi connectivity index (χ0v) is 15.2. The van der Waals surface area contributed by atoms with Gasteiger partial charge in [-0.3, -0.25) is 9.59 Å². The van der Waals surface area contributed by atoms with Crippen molar-refractivity contribution < 1.29 is 19.1 Å². The number of nitrogens with two attached hydrogens (primary N) is 1. The highest BCUT2D eigenvalue weighted by atomic mass is 35.5. The third-order valence-electron chi connectivity index (χ3n) is 3.42. The SMILES string of the molecule is CCOc1ccc(/C=C/C(=O)Nc2cc(C(N)=O)ccc2Cl)cc1OC. The third kappa shape index (κ3) is 5.00. The summed E-state index contributed by atoms with van der Waals surface area (Å²) in [6.07, 6.45) is 2.97. The van der Waals surface area contributed by atoms with Crippen LogP contribution in [-0.2, 0) is 4.79 Å². The lowest BCUT2D eigenvalue weighted by atomic mass is 10.1. The fourth-order valence-electron chi connectivity index (χ4n) is 2.18. The fraction of sp³-hybridized carbons (Fsp3) is 0.158. The van der Waals surface area contributed by atoms with Crippen LogP contribution in [0.15, 0.2) is 42.5 Å². The Morgan fingerprint density at radius 3 is 2.62 bits per heavy atom. The number of primary amides is 1. The van der Waals surface area contributed by atoms with Crippen LogP contribution in [0.2, 0.25) is 5.02 Å². The minimum Gasteiger partial charge on any atom is -0.493 e. The number of carbonyl (C=O) groups excluding carboxylic acids is 2. The van der Waals surface area contributed by atoms with Crippen LogP contribution in [0.3, 0.4) is 0 Å². The number of hydrogen-bond acceptors (Lipinski definition) is 4. The minimum absolute atomic E-state index is 0.255. The molecule has 0 saturated carbocycles. The number of benzene rings is 2. The molecule has 7 heteroatoms. The topological polar surface area (TPSA) is 90.6 Å². The Hall–Kier alpha value is -2.99. The normalized spacial score (nSPS) is 10.6. The van der Waals surface area contributed by atoms with Crippen LogP contribution in [0, 0.1) is 0 Å². The molecule has 26 heavy (non-hydrogen) atoms. The molecule has 0 saturated heterocycles. The van der Waals surface area contributed by atoms with Crippen molar-refractivity contribution in [2.45, 2.75) is 6.92 Å². The van der Waals surface area contributed by atoms with Crippen LogP contribution in [0.1, 0.15) is 22.8 Å². The van der Waals surface area contributed by atoms with Gasteiger partial charge < -0.3 is 20.5 Å². The van der Waals surface area contributed by atoms with Gasteiger partial charge in [0.15, 0.2) is 11.5 Å². The number of nitrogens with one attached hydrogen (secondary N) is 1. The molecule has 0 bridgehead atoms. The van der Waals surface area contributed by atoms with Crippen LogP contribution in [0.25, 0.3) is 6.08 Å². The van der Waals surface area contributed by atoms with Crippen molar-refractivity contribution in [3.8, 4) is 11.5 Å². The van der Waals surface area contributed by atoms with Gasteiger partial charge in [-0.05, 0) is 48.9 Å². The molecular weight excluding hydrogens is 356 g/mol. The van der Waals surface area contributed by atoms with Gasteiger partial charge in [0, 0.05) is 11.6 Å². The van der Waals surface area contributed by atoms with Gasteiger partial charge in [-0.15, -0.1) is 0 Å². The van der Waals surface area contributed by atoms with Gasteiger partial charge in [-0.25, -0.2) is 0 Å². The number of halogens is 1. The first kappa shape index (κ1) is 19.3. The lowest BCUT2D eigenvalue weighted by molar-refractivity contribution is -0.111. The van der Waals surface area contributed by atoms with Crippen molar-refractivity contribution in [3.05, 3.63) is 58.6 Å². The lowest BCUT2D eigenvalue weighted by Gasteiger charge is -2.09. The van der Waals surface area contributed by atoms with E-state index >= 15 is 0 Å². The van der Waals surface area contributed by atoms with Gasteiger partial charge in [0.25, 0.3) is 0 Å². The van der Waals surface area contributed by atoms with E-state index in [0.717, 1.165) is 5.56 Å². The summed E-state index contributed by atoms with van der Waals surface area (Å²) in [6, 6.07) is 9.75. The number of anilines is 1. The average Bonchev–Trinajstić information content (AvgIpc) is 2.62. The molecule has 0 heterocycles. The number of amides is 2. The maximum atomic E-state index is 12.1. The molecule has 0 aromatic heterocycles. The maximum Gasteiger partial charge on any atom is 0.248 e. The summed E-state index contributed by atoms with van der Waals surface area (Å²) in [6.45, 7) is 2.41. The van der Waals surface area contributed by atoms with Crippen LogP contribution in [0.5, 0.6) is 11.5 Å². The molecular formula is C19H19ClN2O4. The first-order valence-electron chi connectivity index (χ1n) is 7.83. The summed E-state index contributed by atoms with van der Waals surface area (Å²) < 4.78 is 10.7. The second-order valence-electron chi connectivity index (χ2n) is 5.22. The Labute approximate surface area is 156 Å². The number of carbonyl (C=O) groups is 2. The molecule has 136 valence electrons. The Morgan fingerprint density at radius 2 is 1.96 bits per heavy atom. The van der Waals surface area contributed by atoms with E-state index in [-0.39, 0.29) is 5.56 Å². The third-order valence-corrected chi connectivity index (χ3v) is 3.75. The second-order valence-corrected chi connectivity index (χ2v) is 5.63. The van der Waals surface area contributed by atoms with Gasteiger partial charge >= 0.3 is 0 Å². The highest BCUT2D eigenvalue weighted by Crippen LogP contribution is 2.28. The summed E-state index contributed by atoms with van der Waals surface area (Å²) >= 11 is 6.03. The van der Waals surface area contributed by atoms with Crippen LogP contribution >= 0.6 is 11.6 Å². The molecule has 0 radical (unpaired) electrons. The van der Waals surface area contributed by atoms with E-state index in [1.54, 1.807) is 31.4 Å². The first-order valence-corrected chi connectivity index (χ1v) is 8.21. The molecule has 2 amide bonds. The molecule has 2 aromatic carbocycles. The van der Waals surface area contributed by atoms with E-state index in [0.29, 0.717) is 28.8 Å². The summed E-state index contributed by atoms with van der Waals surface area (Å²) in [7, 11) is 1.55. The van der Waals surface area contributed by atoms with Gasteiger partial charge in [0.05, 0.1) is 24.4 Å². The molecule has 0 unspecified atom stereocenters. The maximum absolute atomic E-state index is 12.1. The zero-order chi connectivity index (χ0) is 19.1. The molecule has 0 aliphatic heterocycles. The van der Waals surface area contributed by atoms with Gasteiger partial charge in [0.1, 0.15) is 0 Å². The van der Waals surface area contributed by atoms with Gasteiger partial charge in [0.2, 0.25) is 11.8 Å². The number of methoxy groups -OCH3 is 1. The Bertz CT molecular complexity index is 849. The first-order chi connectivity index (χ1) is 12.4. The molecule has 6 nitrogen and oxygen atoms in total. The molecule has 3 N–H and O–H groups in total. The van der Waals surface area contributed by atoms with Crippen molar-refractivity contribution in [3.63, 3.8) is 0 Å². The minimum atomic E-state index is -0.603. The average molecular weight is 375 g/mol. The van der Waals surface area contributed by atoms with Crippen LogP contribution in [0.4, 0.5) is 5.69 Å². The van der Waals surface area contributed by atoms with Crippen LogP contribution in [-0.4, -0.2) is 25.5 Å². The van der Waals surface area contributed by atoms with E-state index < -0.39 is 11.8 Å². The van der Waals surface area contributed by atoms with Crippen molar-refractivity contribution in [2.24, 2.45) is 5.73 Å². The smallest absolute Gasteiger partial charge is 0.248 e. The molecule has 0 spiro atoms. The highest BCUT2D eigenvalue weighted by Gasteiger charge is 2.08. The molecule has 0 aliphatic rings. The van der Waals surface area contributed by atoms with Crippen molar-refractivity contribution in [1.82, 2.24) is 0 Å². The Balaban J connectivity index is 2.12. The van der Waals surface area contributed by atoms with Crippen molar-refractivity contribution >= 4 is 35.2 Å². The molecule has 0 aliphatic carbocycles. The van der Waals surface area contributed by atoms with E-state index in [2.05, 4.69) is 5.32 Å². The largest absolute Gasteiger partial charge is 0.493 e. The van der Waals surface area contributed by atoms with Gasteiger partial charge in [-0.1, -0.05) is 17.7 Å². The summed E-state index contributed by atoms with van der Waals surface area (Å²) in [4.78, 5) is 23.3. The number of hydrogen-bond donors (Lipinski definition) is 2. The Morgan fingerprint density at radius 1 is 1.19 bits per heavy atom. The summed E-state index contributed by atoms with van der Waals surface area (Å²) in [5.74, 6) is 0.203. The summed E-state index contributed by atoms with van der Waals surface area (Å²) in [5.41, 5.74) is 6.55. The van der Waals surface area contributed by atoms with E-state index in [1.807, 2.05) is 6.92 Å². The molecule has 2 rings (SSSR count). The number of rotatable bonds is 7. The monoisotopic (exact) mass is 374 g/mol. The standard InChI is InChI=1S/C19H19ClN2O4/c1-3-26-16-8-4-12(10-17(16)25-2)5-9-18(23)22-15-11-13(19(21)24)6-7-14(15)20/h4-11H,3H2,1-2H3,(H2,21,24)(H,22,23)/b9-5+. The van der Waals surface area contributed by atoms with Crippen molar-refractivity contribution in [2.75, 3.05) is 19.0 Å². The number of ether oxygens (including phenoxy) is 2. The van der Waals surface area contributed by atoms with E-state index in [4.69, 9.17) is 26.8 Å². The predicted octanol–water partition coefficient (Wildman–Crippen LogP) is 3.50. The van der Waals surface area contributed by atoms with Gasteiger partial charge in [-0.2, -0.15) is 0 Å². The predicted molar refractivity (Wildman–Crippen MR) is 102 cm³/mol. The van der Waals surface area contributed by atoms with E-state index in [1.165, 1.54) is 24.3 Å². The van der Waals surface area contributed by atoms with Crippen molar-refractivity contribution in [1.29, 1.82) is 0 Å². The molecule has 2 aromatic rings. The zero-order valence-electron chi connectivity index (χ0n) is 14.4. The quantitative estimate of drug-likeness (QED) is 0.726. The fourth-order valence-corrected chi connectivity index (χ4v) is 2.35.